The Balaban J connectivity index is 1.44. The number of halogens is 3. The quantitative estimate of drug-likeness (QED) is 0.755. The molecule has 2 aromatic heterocycles. The molecule has 2 atom stereocenters. The lowest BCUT2D eigenvalue weighted by molar-refractivity contribution is -0.174. The summed E-state index contributed by atoms with van der Waals surface area (Å²) in [6.45, 7) is 4.04. The van der Waals surface area contributed by atoms with Crippen molar-refractivity contribution in [2.45, 2.75) is 64.3 Å². The van der Waals surface area contributed by atoms with E-state index in [1.165, 1.54) is 11.0 Å². The molecule has 2 aliphatic heterocycles. The molecule has 1 fully saturated rings. The summed E-state index contributed by atoms with van der Waals surface area (Å²) in [7, 11) is 0. The largest absolute Gasteiger partial charge is 0.410 e. The van der Waals surface area contributed by atoms with Gasteiger partial charge in [0.15, 0.2) is 11.7 Å². The maximum absolute atomic E-state index is 13.8. The number of carbonyl (C=O) groups excluding carboxylic acids is 1. The number of carbonyl (C=O) groups is 1. The van der Waals surface area contributed by atoms with Crippen LogP contribution in [0.5, 0.6) is 0 Å². The maximum atomic E-state index is 13.8. The van der Waals surface area contributed by atoms with Crippen LogP contribution in [-0.4, -0.2) is 49.3 Å². The van der Waals surface area contributed by atoms with E-state index in [4.69, 9.17) is 0 Å². The monoisotopic (exact) mass is 436 g/mol. The van der Waals surface area contributed by atoms with Gasteiger partial charge in [-0.05, 0) is 38.0 Å². The Labute approximate surface area is 175 Å². The Bertz CT molecular complexity index is 1120. The van der Waals surface area contributed by atoms with Crippen LogP contribution in [0.25, 0.3) is 0 Å². The topological polar surface area (TPSA) is 95.9 Å². The van der Waals surface area contributed by atoms with Gasteiger partial charge in [0.1, 0.15) is 11.6 Å². The summed E-state index contributed by atoms with van der Waals surface area (Å²) in [6, 6.07) is -0.671. The molecule has 0 radical (unpaired) electrons. The van der Waals surface area contributed by atoms with E-state index in [0.717, 1.165) is 17.5 Å². The first kappa shape index (κ1) is 20.1. The Morgan fingerprint density at radius 3 is 2.74 bits per heavy atom. The van der Waals surface area contributed by atoms with Crippen molar-refractivity contribution in [2.75, 3.05) is 11.9 Å². The zero-order chi connectivity index (χ0) is 22.1. The molecule has 1 aliphatic carbocycles. The smallest absolute Gasteiger partial charge is 0.367 e. The predicted molar refractivity (Wildman–Crippen MR) is 105 cm³/mol. The van der Waals surface area contributed by atoms with Crippen LogP contribution >= 0.6 is 0 Å². The van der Waals surface area contributed by atoms with E-state index in [1.807, 2.05) is 6.92 Å². The molecular weight excluding hydrogens is 413 g/mol. The Hall–Kier alpha value is -2.85. The van der Waals surface area contributed by atoms with Crippen LogP contribution in [0.3, 0.4) is 0 Å². The lowest BCUT2D eigenvalue weighted by atomic mass is 9.90. The van der Waals surface area contributed by atoms with E-state index in [2.05, 4.69) is 20.4 Å². The minimum absolute atomic E-state index is 0.0386. The highest BCUT2D eigenvalue weighted by molar-refractivity contribution is 5.93. The van der Waals surface area contributed by atoms with E-state index >= 15 is 0 Å². The van der Waals surface area contributed by atoms with Gasteiger partial charge in [0.2, 0.25) is 0 Å². The van der Waals surface area contributed by atoms with E-state index in [-0.39, 0.29) is 48.0 Å². The molecule has 166 valence electrons. The van der Waals surface area contributed by atoms with Crippen molar-refractivity contribution in [2.24, 2.45) is 5.41 Å². The molecule has 0 aromatic carbocycles. The van der Waals surface area contributed by atoms with Crippen LogP contribution < -0.4 is 10.9 Å². The number of aromatic nitrogens is 4. The van der Waals surface area contributed by atoms with Gasteiger partial charge in [-0.3, -0.25) is 9.59 Å². The molecule has 31 heavy (non-hydrogen) atoms. The van der Waals surface area contributed by atoms with E-state index in [9.17, 15) is 22.8 Å². The number of amides is 1. The average molecular weight is 436 g/mol. The zero-order valence-corrected chi connectivity index (χ0v) is 17.2. The molecule has 0 spiro atoms. The lowest BCUT2D eigenvalue weighted by Crippen LogP contribution is -2.42. The Morgan fingerprint density at radius 1 is 1.32 bits per heavy atom. The molecule has 3 aliphatic rings. The molecule has 1 amide bonds. The summed E-state index contributed by atoms with van der Waals surface area (Å²) in [5.41, 5.74) is 0.638. The number of hydrogen-bond donors (Lipinski definition) is 2. The third-order valence-electron chi connectivity index (χ3n) is 6.77. The molecule has 0 saturated heterocycles. The summed E-state index contributed by atoms with van der Waals surface area (Å²) < 4.78 is 42.3. The van der Waals surface area contributed by atoms with Gasteiger partial charge in [-0.1, -0.05) is 6.92 Å². The molecule has 2 aromatic rings. The van der Waals surface area contributed by atoms with Gasteiger partial charge < -0.3 is 15.2 Å². The molecule has 1 saturated carbocycles. The standard InChI is InChI=1S/C20H23F3N6O2/c1-10-24-13-9-28(6-3-11(13)17(30)25-10)18(31)12-7-16-26-14(19(2)4-5-19)8-15(20(21,22)23)29(16)27-12/h7,14-15,26H,3-6,8-9H2,1-2H3,(H,24,25,30)/t14-,15+/m0/s1. The summed E-state index contributed by atoms with van der Waals surface area (Å²) in [5, 5.41) is 7.24. The molecule has 0 bridgehead atoms. The van der Waals surface area contributed by atoms with Gasteiger partial charge in [0.25, 0.3) is 11.5 Å². The zero-order valence-electron chi connectivity index (χ0n) is 17.2. The van der Waals surface area contributed by atoms with Crippen LogP contribution in [0.15, 0.2) is 10.9 Å². The first-order valence-corrected chi connectivity index (χ1v) is 10.4. The number of nitrogens with zero attached hydrogens (tertiary/aromatic N) is 4. The summed E-state index contributed by atoms with van der Waals surface area (Å²) in [6.07, 6.45) is -2.46. The molecule has 2 N–H and O–H groups in total. The predicted octanol–water partition coefficient (Wildman–Crippen LogP) is 2.56. The van der Waals surface area contributed by atoms with Gasteiger partial charge >= 0.3 is 6.18 Å². The maximum Gasteiger partial charge on any atom is 0.410 e. The van der Waals surface area contributed by atoms with Crippen LogP contribution in [0.1, 0.15) is 59.8 Å². The number of aryl methyl sites for hydroxylation is 1. The van der Waals surface area contributed by atoms with Crippen molar-refractivity contribution in [1.82, 2.24) is 24.6 Å². The number of alkyl halides is 3. The molecule has 11 heteroatoms. The Morgan fingerprint density at radius 2 is 2.06 bits per heavy atom. The molecule has 0 unspecified atom stereocenters. The second-order valence-corrected chi connectivity index (χ2v) is 9.06. The Kier molecular flexibility index (Phi) is 4.26. The second-order valence-electron chi connectivity index (χ2n) is 9.06. The highest BCUT2D eigenvalue weighted by Crippen LogP contribution is 2.54. The summed E-state index contributed by atoms with van der Waals surface area (Å²) >= 11 is 0. The number of H-pyrrole nitrogens is 1. The van der Waals surface area contributed by atoms with Crippen LogP contribution in [-0.2, 0) is 13.0 Å². The van der Waals surface area contributed by atoms with Gasteiger partial charge in [-0.15, -0.1) is 0 Å². The van der Waals surface area contributed by atoms with Gasteiger partial charge in [-0.2, -0.15) is 18.3 Å². The second kappa shape index (κ2) is 6.57. The van der Waals surface area contributed by atoms with E-state index < -0.39 is 18.1 Å². The number of aromatic amines is 1. The SMILES string of the molecule is Cc1nc2c(c(=O)[nH]1)CCN(C(=O)c1cc3n(n1)[C@@H](C(F)(F)F)C[C@@H](C1(C)CC1)N3)C2. The van der Waals surface area contributed by atoms with Crippen LogP contribution in [0, 0.1) is 12.3 Å². The molecule has 5 rings (SSSR count). The number of hydrogen-bond acceptors (Lipinski definition) is 5. The van der Waals surface area contributed by atoms with Crippen molar-refractivity contribution in [3.63, 3.8) is 0 Å². The van der Waals surface area contributed by atoms with Crippen molar-refractivity contribution in [3.8, 4) is 0 Å². The first-order valence-electron chi connectivity index (χ1n) is 10.4. The third-order valence-corrected chi connectivity index (χ3v) is 6.77. The average Bonchev–Trinajstić information content (AvgIpc) is 3.30. The van der Waals surface area contributed by atoms with E-state index in [0.29, 0.717) is 23.5 Å². The van der Waals surface area contributed by atoms with Crippen molar-refractivity contribution < 1.29 is 18.0 Å². The fourth-order valence-electron chi connectivity index (χ4n) is 4.58. The van der Waals surface area contributed by atoms with Crippen molar-refractivity contribution >= 4 is 11.7 Å². The van der Waals surface area contributed by atoms with Gasteiger partial charge in [-0.25, -0.2) is 9.67 Å². The first-order chi connectivity index (χ1) is 14.5. The third kappa shape index (κ3) is 3.39. The van der Waals surface area contributed by atoms with Crippen LogP contribution in [0.2, 0.25) is 0 Å². The normalized spacial score (nSPS) is 24.2. The summed E-state index contributed by atoms with van der Waals surface area (Å²) in [4.78, 5) is 33.6. The fourth-order valence-corrected chi connectivity index (χ4v) is 4.58. The van der Waals surface area contributed by atoms with Crippen molar-refractivity contribution in [1.29, 1.82) is 0 Å². The van der Waals surface area contributed by atoms with Crippen molar-refractivity contribution in [3.05, 3.63) is 39.2 Å². The highest BCUT2D eigenvalue weighted by atomic mass is 19.4. The molecule has 8 nitrogen and oxygen atoms in total. The van der Waals surface area contributed by atoms with Crippen LogP contribution in [0.4, 0.5) is 19.0 Å². The number of anilines is 1. The van der Waals surface area contributed by atoms with E-state index in [1.54, 1.807) is 6.92 Å². The number of nitrogens with one attached hydrogen (secondary N) is 2. The number of fused-ring (bicyclic) bond motifs is 2. The number of rotatable bonds is 2. The van der Waals surface area contributed by atoms with Gasteiger partial charge in [0.05, 0.1) is 12.2 Å². The highest BCUT2D eigenvalue weighted by Gasteiger charge is 2.53. The summed E-state index contributed by atoms with van der Waals surface area (Å²) in [5.74, 6) is 0.203. The molecular formula is C20H23F3N6O2. The minimum Gasteiger partial charge on any atom is -0.367 e. The molecule has 4 heterocycles. The minimum atomic E-state index is -4.46. The lowest BCUT2D eigenvalue weighted by Gasteiger charge is -2.36. The van der Waals surface area contributed by atoms with Gasteiger partial charge in [0, 0.05) is 24.2 Å². The fraction of sp³-hybridized carbons (Fsp3) is 0.600.